The average Bonchev–Trinajstić information content (AvgIpc) is 2.63. The largest absolute Gasteiger partial charge is 0.360 e. The van der Waals surface area contributed by atoms with Gasteiger partial charge in [0.25, 0.3) is 0 Å². The molecule has 0 unspecified atom stereocenters. The van der Waals surface area contributed by atoms with E-state index in [0.29, 0.717) is 0 Å². The SMILES string of the molecule is CCc1csc(NCC(C)(C)SC)n1. The van der Waals surface area contributed by atoms with Crippen LogP contribution in [0.15, 0.2) is 5.38 Å². The van der Waals surface area contributed by atoms with E-state index in [2.05, 4.69) is 42.7 Å². The van der Waals surface area contributed by atoms with Crippen LogP contribution in [0.3, 0.4) is 0 Å². The van der Waals surface area contributed by atoms with E-state index < -0.39 is 0 Å². The quantitative estimate of drug-likeness (QED) is 0.840. The van der Waals surface area contributed by atoms with Gasteiger partial charge >= 0.3 is 0 Å². The average molecular weight is 230 g/mol. The zero-order valence-electron chi connectivity index (χ0n) is 9.26. The number of thiazole rings is 1. The molecule has 0 aliphatic carbocycles. The molecule has 0 spiro atoms. The zero-order valence-corrected chi connectivity index (χ0v) is 10.9. The van der Waals surface area contributed by atoms with Crippen molar-refractivity contribution in [2.45, 2.75) is 31.9 Å². The van der Waals surface area contributed by atoms with Crippen molar-refractivity contribution in [1.82, 2.24) is 4.98 Å². The van der Waals surface area contributed by atoms with E-state index in [9.17, 15) is 0 Å². The normalized spacial score (nSPS) is 11.7. The van der Waals surface area contributed by atoms with Gasteiger partial charge in [-0.15, -0.1) is 11.3 Å². The van der Waals surface area contributed by atoms with E-state index in [1.165, 1.54) is 5.69 Å². The topological polar surface area (TPSA) is 24.9 Å². The Bertz CT molecular complexity index is 281. The molecule has 0 fully saturated rings. The van der Waals surface area contributed by atoms with Crippen LogP contribution >= 0.6 is 23.1 Å². The third-order valence-corrected chi connectivity index (χ3v) is 4.23. The van der Waals surface area contributed by atoms with E-state index in [1.807, 2.05) is 11.8 Å². The molecule has 80 valence electrons. The first kappa shape index (κ1) is 11.9. The maximum atomic E-state index is 4.46. The molecule has 0 saturated carbocycles. The molecule has 1 aromatic rings. The molecular weight excluding hydrogens is 212 g/mol. The number of thioether (sulfide) groups is 1. The molecule has 0 aliphatic heterocycles. The van der Waals surface area contributed by atoms with Crippen LogP contribution in [0.2, 0.25) is 0 Å². The van der Waals surface area contributed by atoms with Crippen molar-refractivity contribution in [2.24, 2.45) is 0 Å². The first-order chi connectivity index (χ1) is 6.57. The van der Waals surface area contributed by atoms with Gasteiger partial charge < -0.3 is 5.32 Å². The highest BCUT2D eigenvalue weighted by Crippen LogP contribution is 2.23. The molecule has 1 N–H and O–H groups in total. The second-order valence-electron chi connectivity index (χ2n) is 3.81. The molecule has 1 rings (SSSR count). The fourth-order valence-electron chi connectivity index (χ4n) is 0.911. The summed E-state index contributed by atoms with van der Waals surface area (Å²) in [4.78, 5) is 4.46. The summed E-state index contributed by atoms with van der Waals surface area (Å²) in [5, 5.41) is 6.54. The van der Waals surface area contributed by atoms with Gasteiger partial charge in [0, 0.05) is 16.7 Å². The van der Waals surface area contributed by atoms with Crippen molar-refractivity contribution in [3.63, 3.8) is 0 Å². The lowest BCUT2D eigenvalue weighted by atomic mass is 10.2. The van der Waals surface area contributed by atoms with Crippen molar-refractivity contribution >= 4 is 28.2 Å². The number of rotatable bonds is 5. The van der Waals surface area contributed by atoms with Gasteiger partial charge in [-0.05, 0) is 26.5 Å². The predicted octanol–water partition coefficient (Wildman–Crippen LogP) is 3.26. The lowest BCUT2D eigenvalue weighted by molar-refractivity contribution is 0.751. The van der Waals surface area contributed by atoms with Crippen LogP contribution in [0.4, 0.5) is 5.13 Å². The maximum absolute atomic E-state index is 4.46. The van der Waals surface area contributed by atoms with Crippen molar-refractivity contribution in [2.75, 3.05) is 18.1 Å². The molecule has 1 heterocycles. The van der Waals surface area contributed by atoms with E-state index >= 15 is 0 Å². The van der Waals surface area contributed by atoms with Crippen LogP contribution in [-0.2, 0) is 6.42 Å². The van der Waals surface area contributed by atoms with Gasteiger partial charge in [0.2, 0.25) is 0 Å². The predicted molar refractivity (Wildman–Crippen MR) is 67.6 cm³/mol. The third kappa shape index (κ3) is 3.50. The van der Waals surface area contributed by atoms with Gasteiger partial charge in [0.15, 0.2) is 5.13 Å². The summed E-state index contributed by atoms with van der Waals surface area (Å²) in [6, 6.07) is 0. The number of hydrogen-bond acceptors (Lipinski definition) is 4. The van der Waals surface area contributed by atoms with Crippen LogP contribution < -0.4 is 5.32 Å². The smallest absolute Gasteiger partial charge is 0.182 e. The molecule has 0 aromatic carbocycles. The van der Waals surface area contributed by atoms with Gasteiger partial charge in [0.05, 0.1) is 5.69 Å². The second kappa shape index (κ2) is 5.03. The molecular formula is C10H18N2S2. The van der Waals surface area contributed by atoms with E-state index in [0.717, 1.165) is 18.1 Å². The zero-order chi connectivity index (χ0) is 10.6. The highest BCUT2D eigenvalue weighted by Gasteiger charge is 2.15. The molecule has 1 aromatic heterocycles. The van der Waals surface area contributed by atoms with Crippen LogP contribution in [0.5, 0.6) is 0 Å². The lowest BCUT2D eigenvalue weighted by Crippen LogP contribution is -2.25. The van der Waals surface area contributed by atoms with Crippen LogP contribution in [0.1, 0.15) is 26.5 Å². The molecule has 14 heavy (non-hydrogen) atoms. The molecule has 0 atom stereocenters. The third-order valence-electron chi connectivity index (χ3n) is 2.13. The van der Waals surface area contributed by atoms with Gasteiger partial charge in [-0.3, -0.25) is 0 Å². The Labute approximate surface area is 94.5 Å². The maximum Gasteiger partial charge on any atom is 0.182 e. The van der Waals surface area contributed by atoms with Crippen molar-refractivity contribution in [1.29, 1.82) is 0 Å². The summed E-state index contributed by atoms with van der Waals surface area (Å²) < 4.78 is 0.276. The molecule has 0 saturated heterocycles. The fourth-order valence-corrected chi connectivity index (χ4v) is 1.92. The number of nitrogens with zero attached hydrogens (tertiary/aromatic N) is 1. The molecule has 0 radical (unpaired) electrons. The van der Waals surface area contributed by atoms with Crippen LogP contribution in [0.25, 0.3) is 0 Å². The monoisotopic (exact) mass is 230 g/mol. The minimum absolute atomic E-state index is 0.276. The first-order valence-electron chi connectivity index (χ1n) is 4.81. The Kier molecular flexibility index (Phi) is 4.26. The summed E-state index contributed by atoms with van der Waals surface area (Å²) in [6.07, 6.45) is 3.16. The van der Waals surface area contributed by atoms with Gasteiger partial charge in [-0.1, -0.05) is 6.92 Å². The van der Waals surface area contributed by atoms with E-state index in [4.69, 9.17) is 0 Å². The highest BCUT2D eigenvalue weighted by atomic mass is 32.2. The molecule has 2 nitrogen and oxygen atoms in total. The van der Waals surface area contributed by atoms with Crippen LogP contribution in [0, 0.1) is 0 Å². The van der Waals surface area contributed by atoms with Crippen LogP contribution in [-0.4, -0.2) is 22.5 Å². The highest BCUT2D eigenvalue weighted by molar-refractivity contribution is 7.99. The number of aromatic nitrogens is 1. The Balaban J connectivity index is 2.45. The Morgan fingerprint density at radius 1 is 1.57 bits per heavy atom. The lowest BCUT2D eigenvalue weighted by Gasteiger charge is -2.21. The summed E-state index contributed by atoms with van der Waals surface area (Å²) >= 11 is 3.57. The summed E-state index contributed by atoms with van der Waals surface area (Å²) in [7, 11) is 0. The van der Waals surface area contributed by atoms with Gasteiger partial charge in [-0.25, -0.2) is 4.98 Å². The van der Waals surface area contributed by atoms with Crippen molar-refractivity contribution in [3.8, 4) is 0 Å². The number of nitrogens with one attached hydrogen (secondary N) is 1. The van der Waals surface area contributed by atoms with Gasteiger partial charge in [0.1, 0.15) is 0 Å². The standard InChI is InChI=1S/C10H18N2S2/c1-5-8-6-14-9(12-8)11-7-10(2,3)13-4/h6H,5,7H2,1-4H3,(H,11,12). The van der Waals surface area contributed by atoms with Crippen molar-refractivity contribution < 1.29 is 0 Å². The first-order valence-corrected chi connectivity index (χ1v) is 6.91. The summed E-state index contributed by atoms with van der Waals surface area (Å²) in [5.41, 5.74) is 1.18. The van der Waals surface area contributed by atoms with Crippen molar-refractivity contribution in [3.05, 3.63) is 11.1 Å². The second-order valence-corrected chi connectivity index (χ2v) is 6.19. The minimum Gasteiger partial charge on any atom is -0.360 e. The molecule has 0 aliphatic rings. The summed E-state index contributed by atoms with van der Waals surface area (Å²) in [6.45, 7) is 7.56. The number of anilines is 1. The van der Waals surface area contributed by atoms with E-state index in [-0.39, 0.29) is 4.75 Å². The fraction of sp³-hybridized carbons (Fsp3) is 0.700. The Hall–Kier alpha value is -0.220. The molecule has 0 amide bonds. The van der Waals surface area contributed by atoms with Gasteiger partial charge in [-0.2, -0.15) is 11.8 Å². The minimum atomic E-state index is 0.276. The Morgan fingerprint density at radius 3 is 2.79 bits per heavy atom. The van der Waals surface area contributed by atoms with E-state index in [1.54, 1.807) is 11.3 Å². The molecule has 4 heteroatoms. The Morgan fingerprint density at radius 2 is 2.29 bits per heavy atom. The number of aryl methyl sites for hydroxylation is 1. The number of hydrogen-bond donors (Lipinski definition) is 1. The molecule has 0 bridgehead atoms. The summed E-state index contributed by atoms with van der Waals surface area (Å²) in [5.74, 6) is 0.